The van der Waals surface area contributed by atoms with E-state index in [0.717, 1.165) is 13.2 Å². The lowest BCUT2D eigenvalue weighted by atomic mass is 10.1. The van der Waals surface area contributed by atoms with Gasteiger partial charge in [0.1, 0.15) is 0 Å². The molecule has 0 aliphatic carbocycles. The predicted octanol–water partition coefficient (Wildman–Crippen LogP) is 1.75. The summed E-state index contributed by atoms with van der Waals surface area (Å²) in [4.78, 5) is 11.0. The Morgan fingerprint density at radius 3 is 1.69 bits per heavy atom. The van der Waals surface area contributed by atoms with E-state index >= 15 is 0 Å². The minimum Gasteiger partial charge on any atom is -0.379 e. The maximum Gasteiger partial charge on any atom is 0.222 e. The van der Waals surface area contributed by atoms with Gasteiger partial charge in [-0.1, -0.05) is 26.7 Å². The summed E-state index contributed by atoms with van der Waals surface area (Å²) in [6.07, 6.45) is 5.28. The largest absolute Gasteiger partial charge is 0.379 e. The maximum atomic E-state index is 11.0. The molecule has 0 bridgehead atoms. The molecule has 0 aliphatic heterocycles. The predicted molar refractivity (Wildman–Crippen MR) is 104 cm³/mol. The monoisotopic (exact) mass is 376 g/mol. The van der Waals surface area contributed by atoms with Crippen molar-refractivity contribution < 1.29 is 23.7 Å². The molecule has 0 rings (SSSR count). The second kappa shape index (κ2) is 20.6. The molecule has 0 aliphatic rings. The molecule has 0 heterocycles. The van der Waals surface area contributed by atoms with E-state index in [1.807, 2.05) is 0 Å². The second-order valence-electron chi connectivity index (χ2n) is 6.10. The van der Waals surface area contributed by atoms with Gasteiger partial charge in [0.15, 0.2) is 0 Å². The molecule has 1 amide bonds. The molecule has 0 spiro atoms. The minimum absolute atomic E-state index is 0.0148. The van der Waals surface area contributed by atoms with Gasteiger partial charge in [-0.15, -0.1) is 0 Å². The molecular weight excluding hydrogens is 336 g/mol. The van der Waals surface area contributed by atoms with Crippen LogP contribution in [-0.2, 0) is 23.7 Å². The van der Waals surface area contributed by atoms with Crippen molar-refractivity contribution in [2.45, 2.75) is 52.0 Å². The van der Waals surface area contributed by atoms with Crippen molar-refractivity contribution in [2.24, 2.45) is 0 Å². The summed E-state index contributed by atoms with van der Waals surface area (Å²) in [6, 6.07) is 0.620. The van der Waals surface area contributed by atoms with Gasteiger partial charge >= 0.3 is 0 Å². The van der Waals surface area contributed by atoms with E-state index in [9.17, 15) is 4.79 Å². The van der Waals surface area contributed by atoms with E-state index < -0.39 is 0 Å². The summed E-state index contributed by atoms with van der Waals surface area (Å²) >= 11 is 0. The van der Waals surface area contributed by atoms with Gasteiger partial charge in [0.2, 0.25) is 5.91 Å². The molecule has 7 heteroatoms. The zero-order chi connectivity index (χ0) is 19.3. The highest BCUT2D eigenvalue weighted by Gasteiger charge is 2.04. The van der Waals surface area contributed by atoms with E-state index in [4.69, 9.17) is 18.9 Å². The summed E-state index contributed by atoms with van der Waals surface area (Å²) in [5.74, 6) is -0.0148. The summed E-state index contributed by atoms with van der Waals surface area (Å²) < 4.78 is 21.7. The van der Waals surface area contributed by atoms with Crippen LogP contribution in [0.5, 0.6) is 0 Å². The van der Waals surface area contributed by atoms with Crippen LogP contribution in [0.25, 0.3) is 0 Å². The van der Waals surface area contributed by atoms with Crippen LogP contribution < -0.4 is 10.6 Å². The van der Waals surface area contributed by atoms with Gasteiger partial charge < -0.3 is 29.6 Å². The van der Waals surface area contributed by atoms with Crippen molar-refractivity contribution in [2.75, 3.05) is 66.4 Å². The molecule has 0 radical (unpaired) electrons. The number of hydrogen-bond acceptors (Lipinski definition) is 6. The van der Waals surface area contributed by atoms with Crippen LogP contribution >= 0.6 is 0 Å². The number of carbonyl (C=O) groups excluding carboxylic acids is 1. The first-order valence-corrected chi connectivity index (χ1v) is 9.99. The van der Waals surface area contributed by atoms with Crippen LogP contribution in [0.1, 0.15) is 46.0 Å². The van der Waals surface area contributed by atoms with Crippen molar-refractivity contribution in [3.05, 3.63) is 0 Å². The third-order valence-electron chi connectivity index (χ3n) is 3.82. The maximum absolute atomic E-state index is 11.0. The Labute approximate surface area is 159 Å². The molecule has 156 valence electrons. The molecule has 0 unspecified atom stereocenters. The average molecular weight is 377 g/mol. The van der Waals surface area contributed by atoms with E-state index in [2.05, 4.69) is 24.5 Å². The average Bonchev–Trinajstić information content (AvgIpc) is 2.64. The molecule has 0 saturated heterocycles. The highest BCUT2D eigenvalue weighted by atomic mass is 16.6. The third-order valence-corrected chi connectivity index (χ3v) is 3.82. The molecule has 2 N–H and O–H groups in total. The molecule has 0 aromatic carbocycles. The zero-order valence-electron chi connectivity index (χ0n) is 17.0. The number of amides is 1. The van der Waals surface area contributed by atoms with E-state index in [0.29, 0.717) is 58.7 Å². The Hall–Kier alpha value is -0.730. The molecular formula is C19H40N2O5. The molecule has 0 saturated carbocycles. The lowest BCUT2D eigenvalue weighted by Gasteiger charge is -2.17. The number of ether oxygens (including phenoxy) is 4. The quantitative estimate of drug-likeness (QED) is 0.315. The van der Waals surface area contributed by atoms with Gasteiger partial charge in [-0.2, -0.15) is 0 Å². The second-order valence-corrected chi connectivity index (χ2v) is 6.10. The highest BCUT2D eigenvalue weighted by Crippen LogP contribution is 2.03. The fraction of sp³-hybridized carbons (Fsp3) is 0.947. The topological polar surface area (TPSA) is 78.1 Å². The Morgan fingerprint density at radius 1 is 0.769 bits per heavy atom. The van der Waals surface area contributed by atoms with E-state index in [1.165, 1.54) is 25.7 Å². The molecule has 0 fully saturated rings. The van der Waals surface area contributed by atoms with Gasteiger partial charge in [0.25, 0.3) is 0 Å². The molecule has 0 aromatic rings. The number of nitrogens with one attached hydrogen (secondary N) is 2. The third kappa shape index (κ3) is 18.1. The zero-order valence-corrected chi connectivity index (χ0v) is 17.0. The lowest BCUT2D eigenvalue weighted by molar-refractivity contribution is -0.121. The normalized spacial score (nSPS) is 11.2. The first-order valence-electron chi connectivity index (χ1n) is 9.99. The fourth-order valence-corrected chi connectivity index (χ4v) is 2.43. The molecule has 0 aromatic heterocycles. The first kappa shape index (κ1) is 25.3. The summed E-state index contributed by atoms with van der Waals surface area (Å²) in [7, 11) is 1.61. The fourth-order valence-electron chi connectivity index (χ4n) is 2.43. The van der Waals surface area contributed by atoms with Gasteiger partial charge in [-0.25, -0.2) is 0 Å². The van der Waals surface area contributed by atoms with Crippen LogP contribution in [-0.4, -0.2) is 78.4 Å². The number of hydrogen-bond donors (Lipinski definition) is 2. The van der Waals surface area contributed by atoms with Gasteiger partial charge in [-0.05, 0) is 12.8 Å². The van der Waals surface area contributed by atoms with Gasteiger partial charge in [-0.3, -0.25) is 4.79 Å². The van der Waals surface area contributed by atoms with Crippen LogP contribution in [0.15, 0.2) is 0 Å². The SMILES string of the molecule is CCCC(CCC)NCCOCCOCCOCCOCCC(=O)NC. The van der Waals surface area contributed by atoms with Gasteiger partial charge in [0, 0.05) is 26.1 Å². The smallest absolute Gasteiger partial charge is 0.222 e. The minimum atomic E-state index is -0.0148. The van der Waals surface area contributed by atoms with E-state index in [-0.39, 0.29) is 5.91 Å². The van der Waals surface area contributed by atoms with Crippen molar-refractivity contribution in [3.8, 4) is 0 Å². The Balaban J connectivity index is 3.18. The number of rotatable bonds is 20. The highest BCUT2D eigenvalue weighted by molar-refractivity contribution is 5.75. The Morgan fingerprint density at radius 2 is 1.23 bits per heavy atom. The number of carbonyl (C=O) groups is 1. The Kier molecular flexibility index (Phi) is 20.0. The van der Waals surface area contributed by atoms with Crippen molar-refractivity contribution in [3.63, 3.8) is 0 Å². The molecule has 26 heavy (non-hydrogen) atoms. The van der Waals surface area contributed by atoms with Crippen molar-refractivity contribution >= 4 is 5.91 Å². The standard InChI is InChI=1S/C19H40N2O5/c1-4-6-18(7-5-2)21-9-11-24-13-15-26-17-16-25-14-12-23-10-8-19(22)20-3/h18,21H,4-17H2,1-3H3,(H,20,22). The van der Waals surface area contributed by atoms with Crippen LogP contribution in [0.3, 0.4) is 0 Å². The molecule has 0 atom stereocenters. The summed E-state index contributed by atoms with van der Waals surface area (Å²) in [5.41, 5.74) is 0. The summed E-state index contributed by atoms with van der Waals surface area (Å²) in [6.45, 7) is 9.76. The van der Waals surface area contributed by atoms with Crippen LogP contribution in [0.2, 0.25) is 0 Å². The van der Waals surface area contributed by atoms with Gasteiger partial charge in [0.05, 0.1) is 52.9 Å². The van der Waals surface area contributed by atoms with Crippen LogP contribution in [0, 0.1) is 0 Å². The Bertz CT molecular complexity index is 300. The first-order chi connectivity index (χ1) is 12.7. The summed E-state index contributed by atoms with van der Waals surface area (Å²) in [5, 5.41) is 6.10. The van der Waals surface area contributed by atoms with E-state index in [1.54, 1.807) is 7.05 Å². The molecule has 7 nitrogen and oxygen atoms in total. The van der Waals surface area contributed by atoms with Crippen molar-refractivity contribution in [1.82, 2.24) is 10.6 Å². The van der Waals surface area contributed by atoms with Crippen LogP contribution in [0.4, 0.5) is 0 Å². The van der Waals surface area contributed by atoms with Crippen molar-refractivity contribution in [1.29, 1.82) is 0 Å². The lowest BCUT2D eigenvalue weighted by Crippen LogP contribution is -2.32.